The van der Waals surface area contributed by atoms with Crippen LogP contribution in [-0.2, 0) is 10.0 Å². The average molecular weight is 463 g/mol. The summed E-state index contributed by atoms with van der Waals surface area (Å²) in [5.74, 6) is -0.389. The van der Waals surface area contributed by atoms with Crippen molar-refractivity contribution in [2.75, 3.05) is 5.32 Å². The van der Waals surface area contributed by atoms with E-state index in [4.69, 9.17) is 17.4 Å². The Kier molecular flexibility index (Phi) is 5.95. The molecular weight excluding hydrogens is 444 g/mol. The van der Waals surface area contributed by atoms with Gasteiger partial charge in [0.25, 0.3) is 5.91 Å². The lowest BCUT2D eigenvalue weighted by atomic mass is 10.0. The maximum Gasteiger partial charge on any atom is 0.258 e. The fourth-order valence-corrected chi connectivity index (χ4v) is 3.91. The van der Waals surface area contributed by atoms with Gasteiger partial charge in [-0.1, -0.05) is 48.5 Å². The number of carbonyl (C=O) groups is 1. The van der Waals surface area contributed by atoms with Crippen molar-refractivity contribution in [2.24, 2.45) is 5.14 Å². The van der Waals surface area contributed by atoms with E-state index in [-0.39, 0.29) is 15.9 Å². The Balaban J connectivity index is 1.59. The van der Waals surface area contributed by atoms with E-state index in [2.05, 4.69) is 15.6 Å². The molecule has 0 radical (unpaired) electrons. The highest BCUT2D eigenvalue weighted by Gasteiger charge is 2.15. The van der Waals surface area contributed by atoms with Crippen molar-refractivity contribution < 1.29 is 13.2 Å². The first-order valence-electron chi connectivity index (χ1n) is 9.52. The number of rotatable bonds is 4. The van der Waals surface area contributed by atoms with E-state index in [1.165, 1.54) is 24.3 Å². The van der Waals surface area contributed by atoms with Crippen LogP contribution in [0.3, 0.4) is 0 Å². The first-order valence-corrected chi connectivity index (χ1v) is 11.5. The Morgan fingerprint density at radius 2 is 1.56 bits per heavy atom. The number of carbonyl (C=O) groups excluding carboxylic acids is 1. The Labute approximate surface area is 190 Å². The number of thiocarbonyl (C=S) groups is 1. The molecule has 9 heteroatoms. The molecule has 160 valence electrons. The minimum absolute atomic E-state index is 0.0188. The molecule has 1 amide bonds. The molecule has 7 nitrogen and oxygen atoms in total. The van der Waals surface area contributed by atoms with E-state index in [9.17, 15) is 13.2 Å². The highest BCUT2D eigenvalue weighted by atomic mass is 32.2. The summed E-state index contributed by atoms with van der Waals surface area (Å²) >= 11 is 5.27. The van der Waals surface area contributed by atoms with Crippen LogP contribution in [0.1, 0.15) is 10.4 Å². The van der Waals surface area contributed by atoms with Gasteiger partial charge in [-0.05, 0) is 48.6 Å². The summed E-state index contributed by atoms with van der Waals surface area (Å²) in [4.78, 5) is 17.7. The number of aromatic nitrogens is 1. The van der Waals surface area contributed by atoms with Gasteiger partial charge in [0.2, 0.25) is 10.0 Å². The molecule has 0 bridgehead atoms. The number of hydrogen-bond acceptors (Lipinski definition) is 5. The molecule has 0 aliphatic carbocycles. The van der Waals surface area contributed by atoms with E-state index in [0.29, 0.717) is 27.8 Å². The fraction of sp³-hybridized carbons (Fsp3) is 0. The maximum absolute atomic E-state index is 13.1. The van der Waals surface area contributed by atoms with E-state index < -0.39 is 10.0 Å². The van der Waals surface area contributed by atoms with E-state index in [0.717, 1.165) is 5.56 Å². The third kappa shape index (κ3) is 4.80. The average Bonchev–Trinajstić information content (AvgIpc) is 2.78. The van der Waals surface area contributed by atoms with Crippen molar-refractivity contribution in [3.8, 4) is 11.3 Å². The molecule has 1 heterocycles. The van der Waals surface area contributed by atoms with Gasteiger partial charge in [0.15, 0.2) is 5.11 Å². The van der Waals surface area contributed by atoms with Gasteiger partial charge in [-0.15, -0.1) is 0 Å². The number of nitrogens with two attached hydrogens (primary N) is 1. The zero-order valence-electron chi connectivity index (χ0n) is 16.6. The van der Waals surface area contributed by atoms with Gasteiger partial charge in [0.1, 0.15) is 0 Å². The highest BCUT2D eigenvalue weighted by molar-refractivity contribution is 7.89. The Hall–Kier alpha value is -3.66. The van der Waals surface area contributed by atoms with Crippen molar-refractivity contribution in [2.45, 2.75) is 4.90 Å². The van der Waals surface area contributed by atoms with Gasteiger partial charge in [0.05, 0.1) is 21.7 Å². The molecule has 32 heavy (non-hydrogen) atoms. The first kappa shape index (κ1) is 21.6. The van der Waals surface area contributed by atoms with Gasteiger partial charge < -0.3 is 5.32 Å². The van der Waals surface area contributed by atoms with E-state index >= 15 is 0 Å². The molecule has 0 aliphatic rings. The molecule has 0 aliphatic heterocycles. The third-order valence-electron chi connectivity index (χ3n) is 4.70. The van der Waals surface area contributed by atoms with Crippen molar-refractivity contribution in [1.82, 2.24) is 10.3 Å². The van der Waals surface area contributed by atoms with Crippen LogP contribution < -0.4 is 15.8 Å². The number of amides is 1. The zero-order chi connectivity index (χ0) is 22.7. The second kappa shape index (κ2) is 8.83. The van der Waals surface area contributed by atoms with Crippen LogP contribution >= 0.6 is 12.2 Å². The summed E-state index contributed by atoms with van der Waals surface area (Å²) in [6, 6.07) is 24.4. The maximum atomic E-state index is 13.1. The van der Waals surface area contributed by atoms with Crippen molar-refractivity contribution in [3.63, 3.8) is 0 Å². The van der Waals surface area contributed by atoms with Crippen molar-refractivity contribution >= 4 is 49.9 Å². The monoisotopic (exact) mass is 462 g/mol. The molecule has 0 atom stereocenters. The second-order valence-electron chi connectivity index (χ2n) is 6.92. The summed E-state index contributed by atoms with van der Waals surface area (Å²) in [5, 5.41) is 11.4. The van der Waals surface area contributed by atoms with Crippen LogP contribution in [0.2, 0.25) is 0 Å². The quantitative estimate of drug-likeness (QED) is 0.399. The number of benzene rings is 3. The summed E-state index contributed by atoms with van der Waals surface area (Å²) in [6.07, 6.45) is 0. The van der Waals surface area contributed by atoms with Crippen LogP contribution in [-0.4, -0.2) is 24.4 Å². The molecule has 1 aromatic heterocycles. The Morgan fingerprint density at radius 3 is 2.25 bits per heavy atom. The van der Waals surface area contributed by atoms with E-state index in [1.807, 2.05) is 54.6 Å². The van der Waals surface area contributed by atoms with Crippen LogP contribution in [0.4, 0.5) is 5.69 Å². The van der Waals surface area contributed by atoms with E-state index in [1.54, 1.807) is 6.07 Å². The van der Waals surface area contributed by atoms with Crippen LogP contribution in [0.25, 0.3) is 22.2 Å². The molecule has 0 unspecified atom stereocenters. The lowest BCUT2D eigenvalue weighted by molar-refractivity contribution is 0.0979. The van der Waals surface area contributed by atoms with Crippen LogP contribution in [0, 0.1) is 0 Å². The zero-order valence-corrected chi connectivity index (χ0v) is 18.3. The number of nitrogens with zero attached hydrogens (tertiary/aromatic N) is 1. The van der Waals surface area contributed by atoms with Gasteiger partial charge in [-0.25, -0.2) is 18.5 Å². The predicted molar refractivity (Wildman–Crippen MR) is 129 cm³/mol. The van der Waals surface area contributed by atoms with Crippen LogP contribution in [0.5, 0.6) is 0 Å². The number of anilines is 1. The minimum atomic E-state index is -3.79. The number of hydrogen-bond donors (Lipinski definition) is 3. The molecule has 0 fully saturated rings. The van der Waals surface area contributed by atoms with Crippen molar-refractivity contribution in [3.05, 3.63) is 90.5 Å². The summed E-state index contributed by atoms with van der Waals surface area (Å²) in [5.41, 5.74) is 3.20. The number of pyridine rings is 1. The first-order chi connectivity index (χ1) is 15.3. The number of para-hydroxylation sites is 1. The Bertz CT molecular complexity index is 1420. The predicted octanol–water partition coefficient (Wildman–Crippen LogP) is 3.68. The molecule has 0 saturated carbocycles. The summed E-state index contributed by atoms with van der Waals surface area (Å²) < 4.78 is 22.8. The number of fused-ring (bicyclic) bond motifs is 1. The minimum Gasteiger partial charge on any atom is -0.332 e. The number of nitrogens with one attached hydrogen (secondary N) is 2. The van der Waals surface area contributed by atoms with Gasteiger partial charge in [0, 0.05) is 16.6 Å². The van der Waals surface area contributed by atoms with Gasteiger partial charge >= 0.3 is 0 Å². The fourth-order valence-electron chi connectivity index (χ4n) is 3.18. The lowest BCUT2D eigenvalue weighted by Gasteiger charge is -2.12. The molecule has 4 aromatic rings. The molecule has 0 saturated heterocycles. The van der Waals surface area contributed by atoms with Crippen LogP contribution in [0.15, 0.2) is 89.8 Å². The smallest absolute Gasteiger partial charge is 0.258 e. The lowest BCUT2D eigenvalue weighted by Crippen LogP contribution is -2.34. The number of sulfonamides is 1. The molecule has 4 rings (SSSR count). The second-order valence-corrected chi connectivity index (χ2v) is 8.89. The normalized spacial score (nSPS) is 11.2. The molecule has 0 spiro atoms. The van der Waals surface area contributed by atoms with Gasteiger partial charge in [-0.2, -0.15) is 0 Å². The standard InChI is InChI=1S/C23H18N4O3S2/c24-32(29,30)17-12-10-16(11-13-17)25-23(31)27-22(28)19-14-21(15-6-2-1-3-7-15)26-20-9-5-4-8-18(19)20/h1-14H,(H2,24,29,30)(H2,25,27,28,31). The summed E-state index contributed by atoms with van der Waals surface area (Å²) in [7, 11) is -3.79. The Morgan fingerprint density at radius 1 is 0.906 bits per heavy atom. The van der Waals surface area contributed by atoms with Crippen molar-refractivity contribution in [1.29, 1.82) is 0 Å². The largest absolute Gasteiger partial charge is 0.332 e. The van der Waals surface area contributed by atoms with Gasteiger partial charge in [-0.3, -0.25) is 10.1 Å². The topological polar surface area (TPSA) is 114 Å². The third-order valence-corrected chi connectivity index (χ3v) is 5.83. The molecular formula is C23H18N4O3S2. The number of primary sulfonamides is 1. The highest BCUT2D eigenvalue weighted by Crippen LogP contribution is 2.25. The summed E-state index contributed by atoms with van der Waals surface area (Å²) in [6.45, 7) is 0. The molecule has 4 N–H and O–H groups in total. The SMILES string of the molecule is NS(=O)(=O)c1ccc(NC(=S)NC(=O)c2cc(-c3ccccc3)nc3ccccc23)cc1. The molecule has 3 aromatic carbocycles.